The quantitative estimate of drug-likeness (QED) is 0.0690. The summed E-state index contributed by atoms with van der Waals surface area (Å²) in [5.41, 5.74) is 0. The zero-order chi connectivity index (χ0) is 30.2. The van der Waals surface area contributed by atoms with Crippen molar-refractivity contribution in [2.45, 2.75) is 232 Å². The first-order chi connectivity index (χ1) is 20.8. The van der Waals surface area contributed by atoms with E-state index in [4.69, 9.17) is 0 Å². The lowest BCUT2D eigenvalue weighted by molar-refractivity contribution is 0.135. The van der Waals surface area contributed by atoms with E-state index in [-0.39, 0.29) is 0 Å². The van der Waals surface area contributed by atoms with Crippen molar-refractivity contribution in [3.63, 3.8) is 0 Å². The molecule has 0 radical (unpaired) electrons. The highest BCUT2D eigenvalue weighted by Crippen LogP contribution is 2.24. The van der Waals surface area contributed by atoms with Gasteiger partial charge in [0, 0.05) is 25.5 Å². The number of rotatable bonds is 34. The molecule has 1 aliphatic rings. The van der Waals surface area contributed by atoms with Crippen LogP contribution in [0.2, 0.25) is 0 Å². The van der Waals surface area contributed by atoms with Crippen molar-refractivity contribution >= 4 is 0 Å². The molecule has 250 valence electrons. The smallest absolute Gasteiger partial charge is 0.101 e. The normalized spacial score (nSPS) is 15.0. The second-order valence-electron chi connectivity index (χ2n) is 13.9. The van der Waals surface area contributed by atoms with Crippen molar-refractivity contribution < 1.29 is 0 Å². The van der Waals surface area contributed by atoms with Crippen LogP contribution >= 0.6 is 0 Å². The van der Waals surface area contributed by atoms with Crippen LogP contribution in [0.25, 0.3) is 0 Å². The van der Waals surface area contributed by atoms with Crippen molar-refractivity contribution in [3.05, 3.63) is 12.4 Å². The fraction of sp³-hybridized carbons (Fsp3) is 0.950. The minimum absolute atomic E-state index is 0.640. The maximum absolute atomic E-state index is 2.72. The van der Waals surface area contributed by atoms with Gasteiger partial charge in [-0.2, -0.15) is 0 Å². The van der Waals surface area contributed by atoms with E-state index in [1.165, 1.54) is 219 Å². The number of hydrogen-bond donors (Lipinski definition) is 0. The predicted octanol–water partition coefficient (Wildman–Crippen LogP) is 13.9. The summed E-state index contributed by atoms with van der Waals surface area (Å²) in [4.78, 5) is 5.44. The summed E-state index contributed by atoms with van der Waals surface area (Å²) in [5.74, 6) is 0. The van der Waals surface area contributed by atoms with Crippen LogP contribution < -0.4 is 0 Å². The molecule has 1 atom stereocenters. The number of hydrogen-bond acceptors (Lipinski definition) is 2. The van der Waals surface area contributed by atoms with Crippen LogP contribution in [0.15, 0.2) is 12.4 Å². The van der Waals surface area contributed by atoms with Crippen LogP contribution in [-0.2, 0) is 0 Å². The van der Waals surface area contributed by atoms with E-state index in [2.05, 4.69) is 43.0 Å². The summed E-state index contributed by atoms with van der Waals surface area (Å²) in [7, 11) is 0. The molecule has 2 nitrogen and oxygen atoms in total. The predicted molar refractivity (Wildman–Crippen MR) is 191 cm³/mol. The van der Waals surface area contributed by atoms with Gasteiger partial charge in [0.05, 0.1) is 0 Å². The maximum Gasteiger partial charge on any atom is 0.101 e. The lowest BCUT2D eigenvalue weighted by Gasteiger charge is -2.33. The van der Waals surface area contributed by atoms with Crippen molar-refractivity contribution in [2.24, 2.45) is 0 Å². The minimum Gasteiger partial charge on any atom is -0.356 e. The first-order valence-electron chi connectivity index (χ1n) is 20.0. The van der Waals surface area contributed by atoms with E-state index in [1.54, 1.807) is 0 Å². The van der Waals surface area contributed by atoms with Crippen LogP contribution in [0.4, 0.5) is 0 Å². The zero-order valence-electron chi connectivity index (χ0n) is 29.7. The van der Waals surface area contributed by atoms with Crippen molar-refractivity contribution in [3.8, 4) is 0 Å². The molecule has 1 rings (SSSR count). The van der Waals surface area contributed by atoms with E-state index in [1.807, 2.05) is 0 Å². The minimum atomic E-state index is 0.640. The molecule has 0 fully saturated rings. The van der Waals surface area contributed by atoms with Crippen LogP contribution in [0.5, 0.6) is 0 Å². The molecule has 0 aromatic carbocycles. The highest BCUT2D eigenvalue weighted by atomic mass is 15.4. The molecule has 0 aromatic rings. The topological polar surface area (TPSA) is 6.48 Å². The summed E-state index contributed by atoms with van der Waals surface area (Å²) in [6.45, 7) is 9.48. The molecule has 0 bridgehead atoms. The summed E-state index contributed by atoms with van der Waals surface area (Å²) in [6, 6.07) is 0. The van der Waals surface area contributed by atoms with Gasteiger partial charge >= 0.3 is 0 Å². The van der Waals surface area contributed by atoms with Crippen molar-refractivity contribution in [1.82, 2.24) is 9.80 Å². The largest absolute Gasteiger partial charge is 0.356 e. The van der Waals surface area contributed by atoms with Gasteiger partial charge < -0.3 is 9.80 Å². The van der Waals surface area contributed by atoms with Gasteiger partial charge in [0.2, 0.25) is 0 Å². The standard InChI is InChI=1S/C40H80N2/c1-4-7-10-13-16-19-21-22-25-28-31-34-37-42-39-38-41(36-33-30-27-24-18-15-12-9-6-3)40(42)35-32-29-26-23-20-17-14-11-8-5-2/h38-40H,4-37H2,1-3H3. The van der Waals surface area contributed by atoms with Crippen LogP contribution in [-0.4, -0.2) is 29.1 Å². The summed E-state index contributed by atoms with van der Waals surface area (Å²) in [6.07, 6.45) is 51.4. The first-order valence-corrected chi connectivity index (χ1v) is 20.0. The Morgan fingerprint density at radius 3 is 0.833 bits per heavy atom. The zero-order valence-corrected chi connectivity index (χ0v) is 29.7. The first kappa shape index (κ1) is 39.4. The van der Waals surface area contributed by atoms with Crippen LogP contribution in [0.3, 0.4) is 0 Å². The fourth-order valence-electron chi connectivity index (χ4n) is 6.89. The highest BCUT2D eigenvalue weighted by molar-refractivity contribution is 4.97. The van der Waals surface area contributed by atoms with Gasteiger partial charge in [-0.1, -0.05) is 201 Å². The summed E-state index contributed by atoms with van der Waals surface area (Å²) in [5, 5.41) is 0. The molecule has 0 N–H and O–H groups in total. The molecule has 0 spiro atoms. The lowest BCUT2D eigenvalue weighted by atomic mass is 10.0. The van der Waals surface area contributed by atoms with E-state index in [0.29, 0.717) is 6.17 Å². The van der Waals surface area contributed by atoms with Gasteiger partial charge in [0.25, 0.3) is 0 Å². The Bertz CT molecular complexity index is 544. The average molecular weight is 589 g/mol. The Balaban J connectivity index is 2.23. The SMILES string of the molecule is CCCCCCCCCCCCCCN1C=CN(CCCCCCCCCCC)C1CCCCCCCCCCCC. The van der Waals surface area contributed by atoms with Gasteiger partial charge in [-0.3, -0.25) is 0 Å². The number of unbranched alkanes of at least 4 members (excludes halogenated alkanes) is 28. The molecule has 0 saturated carbocycles. The van der Waals surface area contributed by atoms with Crippen molar-refractivity contribution in [1.29, 1.82) is 0 Å². The third-order valence-corrected chi connectivity index (χ3v) is 9.82. The third-order valence-electron chi connectivity index (χ3n) is 9.82. The van der Waals surface area contributed by atoms with Gasteiger partial charge in [-0.25, -0.2) is 0 Å². The molecule has 2 heteroatoms. The Labute approximate surface area is 267 Å². The average Bonchev–Trinajstić information content (AvgIpc) is 3.38. The molecular formula is C40H80N2. The van der Waals surface area contributed by atoms with Gasteiger partial charge in [0.15, 0.2) is 0 Å². The molecule has 1 unspecified atom stereocenters. The van der Waals surface area contributed by atoms with E-state index in [9.17, 15) is 0 Å². The molecule has 0 aliphatic carbocycles. The van der Waals surface area contributed by atoms with E-state index >= 15 is 0 Å². The molecule has 0 aromatic heterocycles. The van der Waals surface area contributed by atoms with E-state index < -0.39 is 0 Å². The molecule has 1 aliphatic heterocycles. The Kier molecular flexibility index (Phi) is 29.8. The molecule has 42 heavy (non-hydrogen) atoms. The Hall–Kier alpha value is -0.660. The van der Waals surface area contributed by atoms with Crippen LogP contribution in [0, 0.1) is 0 Å². The Morgan fingerprint density at radius 1 is 0.310 bits per heavy atom. The second-order valence-corrected chi connectivity index (χ2v) is 13.9. The van der Waals surface area contributed by atoms with Gasteiger partial charge in [0.1, 0.15) is 6.17 Å². The number of nitrogens with zero attached hydrogens (tertiary/aromatic N) is 2. The van der Waals surface area contributed by atoms with Crippen molar-refractivity contribution in [2.75, 3.05) is 13.1 Å². The summed E-state index contributed by atoms with van der Waals surface area (Å²) >= 11 is 0. The molecule has 1 heterocycles. The second kappa shape index (κ2) is 31.8. The third kappa shape index (κ3) is 23.8. The van der Waals surface area contributed by atoms with Crippen LogP contribution in [0.1, 0.15) is 226 Å². The Morgan fingerprint density at radius 2 is 0.548 bits per heavy atom. The van der Waals surface area contributed by atoms with E-state index in [0.717, 1.165) is 0 Å². The fourth-order valence-corrected chi connectivity index (χ4v) is 6.89. The lowest BCUT2D eigenvalue weighted by Crippen LogP contribution is -2.39. The maximum atomic E-state index is 2.72. The molecule has 0 saturated heterocycles. The molecular weight excluding hydrogens is 508 g/mol. The van der Waals surface area contributed by atoms with Gasteiger partial charge in [-0.05, 0) is 25.7 Å². The summed E-state index contributed by atoms with van der Waals surface area (Å²) < 4.78 is 0. The molecule has 0 amide bonds. The van der Waals surface area contributed by atoms with Gasteiger partial charge in [-0.15, -0.1) is 0 Å². The highest BCUT2D eigenvalue weighted by Gasteiger charge is 2.24. The monoisotopic (exact) mass is 589 g/mol.